The predicted molar refractivity (Wildman–Crippen MR) is 63.1 cm³/mol. The molecule has 0 saturated heterocycles. The van der Waals surface area contributed by atoms with Gasteiger partial charge in [0.2, 0.25) is 5.95 Å². The third kappa shape index (κ3) is 3.32. The number of alkyl halides is 3. The number of hydrogen-bond acceptors (Lipinski definition) is 4. The van der Waals surface area contributed by atoms with Gasteiger partial charge < -0.3 is 10.6 Å². The Morgan fingerprint density at radius 1 is 1.33 bits per heavy atom. The first-order valence-electron chi connectivity index (χ1n) is 5.82. The van der Waals surface area contributed by atoms with Crippen molar-refractivity contribution in [2.45, 2.75) is 33.0 Å². The lowest BCUT2D eigenvalue weighted by Gasteiger charge is -2.21. The Labute approximate surface area is 104 Å². The van der Waals surface area contributed by atoms with Crippen molar-refractivity contribution in [1.82, 2.24) is 9.97 Å². The van der Waals surface area contributed by atoms with Crippen LogP contribution in [-0.4, -0.2) is 23.1 Å². The van der Waals surface area contributed by atoms with Gasteiger partial charge in [0, 0.05) is 31.4 Å². The monoisotopic (exact) mass is 262 g/mol. The van der Waals surface area contributed by atoms with E-state index in [1.165, 1.54) is 0 Å². The third-order valence-corrected chi connectivity index (χ3v) is 2.50. The van der Waals surface area contributed by atoms with Crippen molar-refractivity contribution in [3.05, 3.63) is 17.5 Å². The molecular weight excluding hydrogens is 245 g/mol. The normalized spacial score (nSPS) is 11.7. The molecule has 0 bridgehead atoms. The number of rotatable bonds is 5. The molecule has 0 aromatic carbocycles. The predicted octanol–water partition coefficient (Wildman–Crippen LogP) is 2.19. The van der Waals surface area contributed by atoms with Crippen LogP contribution in [0.25, 0.3) is 0 Å². The van der Waals surface area contributed by atoms with E-state index in [4.69, 9.17) is 5.73 Å². The SMILES string of the molecule is CCCN(CC)c1ncc(CN)c(C(F)(F)F)n1. The van der Waals surface area contributed by atoms with Gasteiger partial charge in [-0.2, -0.15) is 13.2 Å². The van der Waals surface area contributed by atoms with Gasteiger partial charge in [-0.15, -0.1) is 0 Å². The van der Waals surface area contributed by atoms with Crippen molar-refractivity contribution in [1.29, 1.82) is 0 Å². The highest BCUT2D eigenvalue weighted by Gasteiger charge is 2.36. The highest BCUT2D eigenvalue weighted by molar-refractivity contribution is 5.34. The van der Waals surface area contributed by atoms with Gasteiger partial charge in [0.05, 0.1) is 0 Å². The fourth-order valence-electron chi connectivity index (χ4n) is 1.61. The van der Waals surface area contributed by atoms with Gasteiger partial charge in [-0.1, -0.05) is 6.92 Å². The van der Waals surface area contributed by atoms with E-state index < -0.39 is 11.9 Å². The second-order valence-corrected chi connectivity index (χ2v) is 3.83. The Morgan fingerprint density at radius 2 is 2.00 bits per heavy atom. The van der Waals surface area contributed by atoms with Crippen LogP contribution in [-0.2, 0) is 12.7 Å². The zero-order valence-corrected chi connectivity index (χ0v) is 10.5. The summed E-state index contributed by atoms with van der Waals surface area (Å²) in [6, 6.07) is 0. The van der Waals surface area contributed by atoms with Gasteiger partial charge in [-0.05, 0) is 13.3 Å². The zero-order chi connectivity index (χ0) is 13.8. The Hall–Kier alpha value is -1.37. The van der Waals surface area contributed by atoms with Crippen LogP contribution in [0, 0.1) is 0 Å². The maximum atomic E-state index is 12.8. The van der Waals surface area contributed by atoms with E-state index in [0.717, 1.165) is 12.6 Å². The fourth-order valence-corrected chi connectivity index (χ4v) is 1.61. The summed E-state index contributed by atoms with van der Waals surface area (Å²) in [4.78, 5) is 9.27. The quantitative estimate of drug-likeness (QED) is 0.883. The van der Waals surface area contributed by atoms with Gasteiger partial charge in [0.15, 0.2) is 5.69 Å². The molecule has 0 aliphatic carbocycles. The first kappa shape index (κ1) is 14.7. The highest BCUT2D eigenvalue weighted by atomic mass is 19.4. The molecule has 1 aromatic rings. The van der Waals surface area contributed by atoms with E-state index in [9.17, 15) is 13.2 Å². The molecule has 7 heteroatoms. The number of halogens is 3. The zero-order valence-electron chi connectivity index (χ0n) is 10.5. The van der Waals surface area contributed by atoms with E-state index in [0.29, 0.717) is 13.1 Å². The largest absolute Gasteiger partial charge is 0.433 e. The Balaban J connectivity index is 3.17. The molecule has 102 valence electrons. The molecule has 0 atom stereocenters. The van der Waals surface area contributed by atoms with Crippen LogP contribution in [0.3, 0.4) is 0 Å². The number of nitrogens with zero attached hydrogens (tertiary/aromatic N) is 3. The first-order chi connectivity index (χ1) is 8.43. The van der Waals surface area contributed by atoms with Crippen molar-refractivity contribution in [3.63, 3.8) is 0 Å². The van der Waals surface area contributed by atoms with Crippen LogP contribution in [0.5, 0.6) is 0 Å². The first-order valence-corrected chi connectivity index (χ1v) is 5.82. The molecule has 0 radical (unpaired) electrons. The van der Waals surface area contributed by atoms with E-state index >= 15 is 0 Å². The molecule has 0 aliphatic heterocycles. The summed E-state index contributed by atoms with van der Waals surface area (Å²) in [5, 5.41) is 0. The molecule has 0 aliphatic rings. The summed E-state index contributed by atoms with van der Waals surface area (Å²) in [5.41, 5.74) is 4.25. The maximum absolute atomic E-state index is 12.8. The lowest BCUT2D eigenvalue weighted by atomic mass is 10.2. The molecule has 0 saturated carbocycles. The van der Waals surface area contributed by atoms with Crippen LogP contribution in [0.2, 0.25) is 0 Å². The number of anilines is 1. The van der Waals surface area contributed by atoms with E-state index in [2.05, 4.69) is 9.97 Å². The average Bonchev–Trinajstić information content (AvgIpc) is 2.34. The van der Waals surface area contributed by atoms with E-state index in [1.54, 1.807) is 4.90 Å². The molecule has 0 fully saturated rings. The van der Waals surface area contributed by atoms with Crippen LogP contribution < -0.4 is 10.6 Å². The standard InChI is InChI=1S/C11H17F3N4/c1-3-5-18(4-2)10-16-7-8(6-15)9(17-10)11(12,13)14/h7H,3-6,15H2,1-2H3. The van der Waals surface area contributed by atoms with E-state index in [-0.39, 0.29) is 18.1 Å². The number of nitrogens with two attached hydrogens (primary N) is 1. The minimum absolute atomic E-state index is 0.0844. The van der Waals surface area contributed by atoms with Gasteiger partial charge in [-0.25, -0.2) is 9.97 Å². The van der Waals surface area contributed by atoms with Crippen molar-refractivity contribution in [2.24, 2.45) is 5.73 Å². The van der Waals surface area contributed by atoms with Crippen molar-refractivity contribution in [2.75, 3.05) is 18.0 Å². The van der Waals surface area contributed by atoms with Crippen LogP contribution in [0.1, 0.15) is 31.5 Å². The van der Waals surface area contributed by atoms with E-state index in [1.807, 2.05) is 13.8 Å². The molecule has 1 heterocycles. The number of hydrogen-bond donors (Lipinski definition) is 1. The third-order valence-electron chi connectivity index (χ3n) is 2.50. The second kappa shape index (κ2) is 5.99. The average molecular weight is 262 g/mol. The molecule has 1 rings (SSSR count). The van der Waals surface area contributed by atoms with Gasteiger partial charge in [0.25, 0.3) is 0 Å². The minimum atomic E-state index is -4.50. The lowest BCUT2D eigenvalue weighted by Crippen LogP contribution is -2.27. The second-order valence-electron chi connectivity index (χ2n) is 3.83. The van der Waals surface area contributed by atoms with Crippen molar-refractivity contribution < 1.29 is 13.2 Å². The smallest absolute Gasteiger partial charge is 0.341 e. The summed E-state index contributed by atoms with van der Waals surface area (Å²) < 4.78 is 38.4. The number of aromatic nitrogens is 2. The molecular formula is C11H17F3N4. The summed E-state index contributed by atoms with van der Waals surface area (Å²) in [6.45, 7) is 4.75. The summed E-state index contributed by atoms with van der Waals surface area (Å²) in [7, 11) is 0. The summed E-state index contributed by atoms with van der Waals surface area (Å²) in [5.74, 6) is 0.101. The molecule has 18 heavy (non-hydrogen) atoms. The van der Waals surface area contributed by atoms with Crippen LogP contribution >= 0.6 is 0 Å². The Morgan fingerprint density at radius 3 is 2.44 bits per heavy atom. The van der Waals surface area contributed by atoms with Gasteiger partial charge in [0.1, 0.15) is 0 Å². The molecule has 0 spiro atoms. The van der Waals surface area contributed by atoms with Gasteiger partial charge >= 0.3 is 6.18 Å². The summed E-state index contributed by atoms with van der Waals surface area (Å²) >= 11 is 0. The Kier molecular flexibility index (Phi) is 4.89. The molecule has 1 aromatic heterocycles. The van der Waals surface area contributed by atoms with Crippen molar-refractivity contribution >= 4 is 5.95 Å². The topological polar surface area (TPSA) is 55.0 Å². The summed E-state index contributed by atoms with van der Waals surface area (Å²) in [6.07, 6.45) is -2.53. The molecule has 0 unspecified atom stereocenters. The molecule has 4 nitrogen and oxygen atoms in total. The van der Waals surface area contributed by atoms with Crippen molar-refractivity contribution in [3.8, 4) is 0 Å². The van der Waals surface area contributed by atoms with Crippen LogP contribution in [0.15, 0.2) is 6.20 Å². The minimum Gasteiger partial charge on any atom is -0.341 e. The molecule has 2 N–H and O–H groups in total. The fraction of sp³-hybridized carbons (Fsp3) is 0.636. The van der Waals surface area contributed by atoms with Gasteiger partial charge in [-0.3, -0.25) is 0 Å². The lowest BCUT2D eigenvalue weighted by molar-refractivity contribution is -0.141. The highest BCUT2D eigenvalue weighted by Crippen LogP contribution is 2.31. The van der Waals surface area contributed by atoms with Crippen LogP contribution in [0.4, 0.5) is 19.1 Å². The maximum Gasteiger partial charge on any atom is 0.433 e. The Bertz CT molecular complexity index is 392. The molecule has 0 amide bonds.